The highest BCUT2D eigenvalue weighted by Crippen LogP contribution is 2.07. The summed E-state index contributed by atoms with van der Waals surface area (Å²) in [5.41, 5.74) is 1.61. The van der Waals surface area contributed by atoms with E-state index in [1.165, 1.54) is 0 Å². The number of carbonyl (C=O) groups is 1. The summed E-state index contributed by atoms with van der Waals surface area (Å²) in [4.78, 5) is 16.1. The van der Waals surface area contributed by atoms with Gasteiger partial charge < -0.3 is 9.84 Å². The topological polar surface area (TPSA) is 67.8 Å². The minimum absolute atomic E-state index is 0.121. The lowest BCUT2D eigenvalue weighted by Gasteiger charge is -2.21. The van der Waals surface area contributed by atoms with Crippen molar-refractivity contribution in [1.82, 2.24) is 5.48 Å². The van der Waals surface area contributed by atoms with Crippen LogP contribution in [0.2, 0.25) is 0 Å². The molecule has 0 fully saturated rings. The van der Waals surface area contributed by atoms with Gasteiger partial charge in [0.2, 0.25) is 0 Å². The molecule has 0 saturated heterocycles. The van der Waals surface area contributed by atoms with Crippen molar-refractivity contribution in [1.29, 1.82) is 0 Å². The van der Waals surface area contributed by atoms with Gasteiger partial charge in [-0.25, -0.2) is 4.79 Å². The first-order valence-corrected chi connectivity index (χ1v) is 5.14. The second-order valence-electron chi connectivity index (χ2n) is 4.32. The molecule has 1 amide bonds. The molecule has 0 aliphatic rings. The third-order valence-electron chi connectivity index (χ3n) is 1.52. The molecule has 0 aromatic rings. The highest BCUT2D eigenvalue weighted by molar-refractivity contribution is 5.66. The van der Waals surface area contributed by atoms with Crippen LogP contribution >= 0.6 is 0 Å². The molecule has 0 heterocycles. The van der Waals surface area contributed by atoms with Crippen molar-refractivity contribution in [3.63, 3.8) is 0 Å². The molecule has 2 N–H and O–H groups in total. The van der Waals surface area contributed by atoms with Gasteiger partial charge in [-0.15, -0.1) is 0 Å². The van der Waals surface area contributed by atoms with Crippen LogP contribution in [0.5, 0.6) is 0 Å². The van der Waals surface area contributed by atoms with Crippen LogP contribution in [-0.4, -0.2) is 29.5 Å². The van der Waals surface area contributed by atoms with Crippen molar-refractivity contribution >= 4 is 6.09 Å². The zero-order valence-corrected chi connectivity index (χ0v) is 9.87. The van der Waals surface area contributed by atoms with E-state index in [1.807, 2.05) is 6.92 Å². The fourth-order valence-corrected chi connectivity index (χ4v) is 0.940. The van der Waals surface area contributed by atoms with Crippen LogP contribution in [0.3, 0.4) is 0 Å². The molecular formula is C10H21NO4. The molecule has 5 nitrogen and oxygen atoms in total. The Hall–Kier alpha value is -0.810. The molecule has 90 valence electrons. The average molecular weight is 219 g/mol. The first-order chi connectivity index (χ1) is 6.89. The first kappa shape index (κ1) is 14.2. The summed E-state index contributed by atoms with van der Waals surface area (Å²) in [7, 11) is 0. The second-order valence-corrected chi connectivity index (χ2v) is 4.32. The smallest absolute Gasteiger partial charge is 0.431 e. The number of nitrogens with one attached hydrogen (secondary N) is 1. The van der Waals surface area contributed by atoms with Gasteiger partial charge in [-0.05, 0) is 27.2 Å². The zero-order chi connectivity index (χ0) is 11.9. The molecule has 5 heteroatoms. The summed E-state index contributed by atoms with van der Waals surface area (Å²) in [6, 6.07) is 0. The molecule has 15 heavy (non-hydrogen) atoms. The van der Waals surface area contributed by atoms with Gasteiger partial charge in [-0.1, -0.05) is 13.3 Å². The van der Waals surface area contributed by atoms with Crippen LogP contribution in [0.1, 0.15) is 40.5 Å². The molecular weight excluding hydrogens is 198 g/mol. The van der Waals surface area contributed by atoms with Gasteiger partial charge in [-0.2, -0.15) is 5.48 Å². The SMILES string of the molecule is CCCC(CO)ONC(=O)OC(C)(C)C. The molecule has 0 aromatic heterocycles. The molecule has 0 spiro atoms. The lowest BCUT2D eigenvalue weighted by molar-refractivity contribution is -0.0622. The minimum Gasteiger partial charge on any atom is -0.442 e. The Balaban J connectivity index is 3.78. The lowest BCUT2D eigenvalue weighted by atomic mass is 10.2. The summed E-state index contributed by atoms with van der Waals surface area (Å²) < 4.78 is 4.95. The largest absolute Gasteiger partial charge is 0.442 e. The third-order valence-corrected chi connectivity index (χ3v) is 1.52. The van der Waals surface area contributed by atoms with Crippen LogP contribution in [0.4, 0.5) is 4.79 Å². The zero-order valence-electron chi connectivity index (χ0n) is 9.87. The van der Waals surface area contributed by atoms with Gasteiger partial charge in [0.1, 0.15) is 11.7 Å². The van der Waals surface area contributed by atoms with E-state index in [1.54, 1.807) is 20.8 Å². The Labute approximate surface area is 90.7 Å². The quantitative estimate of drug-likeness (QED) is 0.689. The Bertz CT molecular complexity index is 188. The highest BCUT2D eigenvalue weighted by Gasteiger charge is 2.17. The molecule has 0 rings (SSSR count). The van der Waals surface area contributed by atoms with Crippen LogP contribution in [0, 0.1) is 0 Å². The first-order valence-electron chi connectivity index (χ1n) is 5.14. The summed E-state index contributed by atoms with van der Waals surface area (Å²) in [6.07, 6.45) is 0.549. The molecule has 0 aliphatic heterocycles. The van der Waals surface area contributed by atoms with Gasteiger partial charge in [0.05, 0.1) is 6.61 Å². The number of hydrogen-bond donors (Lipinski definition) is 2. The number of amides is 1. The Morgan fingerprint density at radius 1 is 1.47 bits per heavy atom. The number of carbonyl (C=O) groups excluding carboxylic acids is 1. The number of hydrogen-bond acceptors (Lipinski definition) is 4. The summed E-state index contributed by atoms with van der Waals surface area (Å²) in [6.45, 7) is 7.15. The molecule has 0 radical (unpaired) electrons. The fraction of sp³-hybridized carbons (Fsp3) is 0.900. The van der Waals surface area contributed by atoms with Crippen molar-refractivity contribution in [3.8, 4) is 0 Å². The van der Waals surface area contributed by atoms with Gasteiger partial charge in [0.25, 0.3) is 0 Å². The monoisotopic (exact) mass is 219 g/mol. The van der Waals surface area contributed by atoms with E-state index in [4.69, 9.17) is 14.7 Å². The van der Waals surface area contributed by atoms with E-state index < -0.39 is 11.7 Å². The van der Waals surface area contributed by atoms with Crippen molar-refractivity contribution < 1.29 is 19.5 Å². The molecule has 0 saturated carbocycles. The van der Waals surface area contributed by atoms with Crippen molar-refractivity contribution in [2.24, 2.45) is 0 Å². The van der Waals surface area contributed by atoms with E-state index in [0.29, 0.717) is 6.42 Å². The molecule has 0 aliphatic carbocycles. The van der Waals surface area contributed by atoms with Gasteiger partial charge in [0, 0.05) is 0 Å². The Morgan fingerprint density at radius 2 is 2.07 bits per heavy atom. The normalized spacial score (nSPS) is 13.4. The maximum absolute atomic E-state index is 11.1. The minimum atomic E-state index is -0.642. The summed E-state index contributed by atoms with van der Waals surface area (Å²) in [5, 5.41) is 8.89. The maximum atomic E-state index is 11.1. The number of hydroxylamine groups is 1. The van der Waals surface area contributed by atoms with Crippen LogP contribution < -0.4 is 5.48 Å². The van der Waals surface area contributed by atoms with Crippen molar-refractivity contribution in [2.45, 2.75) is 52.2 Å². The van der Waals surface area contributed by atoms with Crippen LogP contribution in [0.25, 0.3) is 0 Å². The van der Waals surface area contributed by atoms with Crippen molar-refractivity contribution in [2.75, 3.05) is 6.61 Å². The number of aliphatic hydroxyl groups is 1. The lowest BCUT2D eigenvalue weighted by Crippen LogP contribution is -2.36. The van der Waals surface area contributed by atoms with Crippen LogP contribution in [0.15, 0.2) is 0 Å². The molecule has 1 unspecified atom stereocenters. The summed E-state index contributed by atoms with van der Waals surface area (Å²) in [5.74, 6) is 0. The van der Waals surface area contributed by atoms with E-state index in [0.717, 1.165) is 6.42 Å². The van der Waals surface area contributed by atoms with Gasteiger partial charge in [0.15, 0.2) is 0 Å². The summed E-state index contributed by atoms with van der Waals surface area (Å²) >= 11 is 0. The predicted molar refractivity (Wildman–Crippen MR) is 56.2 cm³/mol. The second kappa shape index (κ2) is 6.63. The fourth-order valence-electron chi connectivity index (χ4n) is 0.940. The van der Waals surface area contributed by atoms with E-state index >= 15 is 0 Å². The molecule has 0 bridgehead atoms. The average Bonchev–Trinajstić information content (AvgIpc) is 2.09. The maximum Gasteiger partial charge on any atom is 0.431 e. The third kappa shape index (κ3) is 8.20. The molecule has 0 aromatic carbocycles. The highest BCUT2D eigenvalue weighted by atomic mass is 16.7. The van der Waals surface area contributed by atoms with E-state index in [-0.39, 0.29) is 12.7 Å². The Morgan fingerprint density at radius 3 is 2.47 bits per heavy atom. The number of rotatable bonds is 5. The predicted octanol–water partition coefficient (Wildman–Crippen LogP) is 1.60. The van der Waals surface area contributed by atoms with Gasteiger partial charge in [-0.3, -0.25) is 4.84 Å². The standard InChI is InChI=1S/C10H21NO4/c1-5-6-8(7-12)15-11-9(13)14-10(2,3)4/h8,12H,5-7H2,1-4H3,(H,11,13). The van der Waals surface area contributed by atoms with Gasteiger partial charge >= 0.3 is 6.09 Å². The molecule has 1 atom stereocenters. The van der Waals surface area contributed by atoms with E-state index in [9.17, 15) is 4.79 Å². The number of ether oxygens (including phenoxy) is 1. The van der Waals surface area contributed by atoms with Crippen molar-refractivity contribution in [3.05, 3.63) is 0 Å². The Kier molecular flexibility index (Phi) is 6.27. The van der Waals surface area contributed by atoms with E-state index in [2.05, 4.69) is 5.48 Å². The number of aliphatic hydroxyl groups excluding tert-OH is 1. The van der Waals surface area contributed by atoms with Crippen LogP contribution in [-0.2, 0) is 9.57 Å².